The zero-order valence-corrected chi connectivity index (χ0v) is 15.2. The Hall–Kier alpha value is -1.55. The Kier molecular flexibility index (Phi) is 4.48. The molecule has 0 unspecified atom stereocenters. The molecule has 1 radical (unpaired) electrons. The van der Waals surface area contributed by atoms with Crippen LogP contribution in [0.5, 0.6) is 0 Å². The molecule has 4 rings (SSSR count). The van der Waals surface area contributed by atoms with Crippen LogP contribution in [0, 0.1) is 18.4 Å². The van der Waals surface area contributed by atoms with E-state index in [0.717, 1.165) is 64.6 Å². The smallest absolute Gasteiger partial charge is 0.230 e. The van der Waals surface area contributed by atoms with E-state index in [-0.39, 0.29) is 11.5 Å². The van der Waals surface area contributed by atoms with Crippen LogP contribution in [0.4, 0.5) is 5.69 Å². The number of rotatable bonds is 2. The number of aliphatic hydroxyl groups excluding tert-OH is 1. The molecule has 0 aromatic heterocycles. The number of nitrogens with zero attached hydrogens (tertiary/aromatic N) is 2. The number of benzene rings is 1. The fourth-order valence-electron chi connectivity index (χ4n) is 5.14. The first-order valence-corrected chi connectivity index (χ1v) is 9.80. The number of amides is 1. The van der Waals surface area contributed by atoms with E-state index in [0.29, 0.717) is 11.9 Å². The summed E-state index contributed by atoms with van der Waals surface area (Å²) in [5.41, 5.74) is 2.30. The second-order valence-electron chi connectivity index (χ2n) is 8.23. The van der Waals surface area contributed by atoms with Crippen molar-refractivity contribution < 1.29 is 9.90 Å². The maximum Gasteiger partial charge on any atom is 0.230 e. The number of piperidine rings is 1. The molecule has 25 heavy (non-hydrogen) atoms. The Morgan fingerprint density at radius 3 is 2.76 bits per heavy atom. The number of hydrogen-bond acceptors (Lipinski definition) is 3. The molecule has 3 aliphatic rings. The molecule has 0 bridgehead atoms. The van der Waals surface area contributed by atoms with Gasteiger partial charge in [0.05, 0.1) is 11.5 Å². The molecular formula is C21H29N2O2. The Bertz CT molecular complexity index is 639. The van der Waals surface area contributed by atoms with Crippen LogP contribution in [0.25, 0.3) is 0 Å². The largest absolute Gasteiger partial charge is 0.393 e. The first-order valence-electron chi connectivity index (χ1n) is 9.80. The summed E-state index contributed by atoms with van der Waals surface area (Å²) in [6.45, 7) is 4.91. The van der Waals surface area contributed by atoms with Gasteiger partial charge >= 0.3 is 0 Å². The van der Waals surface area contributed by atoms with Crippen molar-refractivity contribution in [3.05, 3.63) is 29.8 Å². The van der Waals surface area contributed by atoms with Gasteiger partial charge in [0, 0.05) is 31.4 Å². The number of carbonyl (C=O) groups is 1. The Morgan fingerprint density at radius 2 is 2.00 bits per heavy atom. The molecule has 1 spiro atoms. The van der Waals surface area contributed by atoms with Crippen LogP contribution < -0.4 is 4.90 Å². The number of aliphatic hydroxyl groups is 1. The summed E-state index contributed by atoms with van der Waals surface area (Å²) in [5, 5.41) is 9.75. The third-order valence-electron chi connectivity index (χ3n) is 6.61. The van der Waals surface area contributed by atoms with Gasteiger partial charge in [0.25, 0.3) is 0 Å². The monoisotopic (exact) mass is 341 g/mol. The quantitative estimate of drug-likeness (QED) is 0.899. The first-order chi connectivity index (χ1) is 12.1. The highest BCUT2D eigenvalue weighted by Gasteiger charge is 2.50. The molecule has 2 heterocycles. The molecule has 3 fully saturated rings. The number of likely N-dealkylation sites (tertiary alicyclic amines) is 1. The first kappa shape index (κ1) is 16.9. The molecule has 1 N–H and O–H groups in total. The third kappa shape index (κ3) is 3.05. The van der Waals surface area contributed by atoms with Crippen molar-refractivity contribution in [3.8, 4) is 0 Å². The summed E-state index contributed by atoms with van der Waals surface area (Å²) >= 11 is 0. The number of carbonyl (C=O) groups excluding carboxylic acids is 1. The van der Waals surface area contributed by atoms with Crippen LogP contribution >= 0.6 is 0 Å². The van der Waals surface area contributed by atoms with Gasteiger partial charge in [0.15, 0.2) is 0 Å². The lowest BCUT2D eigenvalue weighted by molar-refractivity contribution is -0.139. The highest BCUT2D eigenvalue weighted by atomic mass is 16.3. The maximum atomic E-state index is 13.4. The van der Waals surface area contributed by atoms with Crippen LogP contribution in [-0.2, 0) is 4.79 Å². The van der Waals surface area contributed by atoms with Crippen molar-refractivity contribution in [3.63, 3.8) is 0 Å². The summed E-state index contributed by atoms with van der Waals surface area (Å²) in [5.74, 6) is 0.374. The van der Waals surface area contributed by atoms with Crippen LogP contribution in [0.2, 0.25) is 0 Å². The predicted molar refractivity (Wildman–Crippen MR) is 98.5 cm³/mol. The lowest BCUT2D eigenvalue weighted by atomic mass is 9.78. The van der Waals surface area contributed by atoms with Crippen molar-refractivity contribution in [2.24, 2.45) is 5.41 Å². The molecular weight excluding hydrogens is 312 g/mol. The Balaban J connectivity index is 1.50. The minimum atomic E-state index is -0.194. The highest BCUT2D eigenvalue weighted by molar-refractivity contribution is 5.86. The van der Waals surface area contributed by atoms with E-state index in [1.54, 1.807) is 0 Å². The number of anilines is 1. The predicted octanol–water partition coefficient (Wildman–Crippen LogP) is 2.92. The van der Waals surface area contributed by atoms with Gasteiger partial charge in [-0.15, -0.1) is 0 Å². The van der Waals surface area contributed by atoms with Crippen molar-refractivity contribution >= 4 is 11.6 Å². The SMILES string of the molecule is Cc1c[c]ccc1N1CCC[C@@]2(CCN(C3CCC(O)CC3)C2=O)C1. The van der Waals surface area contributed by atoms with Gasteiger partial charge in [-0.2, -0.15) is 0 Å². The van der Waals surface area contributed by atoms with Gasteiger partial charge < -0.3 is 14.9 Å². The van der Waals surface area contributed by atoms with Crippen molar-refractivity contribution in [2.45, 2.75) is 64.0 Å². The fraction of sp³-hybridized carbons (Fsp3) is 0.667. The third-order valence-corrected chi connectivity index (χ3v) is 6.61. The molecule has 4 nitrogen and oxygen atoms in total. The molecule has 2 saturated heterocycles. The summed E-state index contributed by atoms with van der Waals surface area (Å²) in [6.07, 6.45) is 6.53. The maximum absolute atomic E-state index is 13.4. The van der Waals surface area contributed by atoms with Crippen LogP contribution in [0.15, 0.2) is 18.2 Å². The Morgan fingerprint density at radius 1 is 1.20 bits per heavy atom. The zero-order chi connectivity index (χ0) is 17.4. The number of hydrogen-bond donors (Lipinski definition) is 1. The van der Waals surface area contributed by atoms with Gasteiger partial charge in [0.2, 0.25) is 5.91 Å². The minimum Gasteiger partial charge on any atom is -0.393 e. The zero-order valence-electron chi connectivity index (χ0n) is 15.2. The molecule has 1 saturated carbocycles. The highest BCUT2D eigenvalue weighted by Crippen LogP contribution is 2.43. The van der Waals surface area contributed by atoms with Gasteiger partial charge in [-0.25, -0.2) is 0 Å². The molecule has 1 aromatic carbocycles. The van der Waals surface area contributed by atoms with Gasteiger partial charge in [-0.05, 0) is 75.6 Å². The van der Waals surface area contributed by atoms with Crippen LogP contribution in [0.1, 0.15) is 50.5 Å². The lowest BCUT2D eigenvalue weighted by Crippen LogP contribution is -2.50. The van der Waals surface area contributed by atoms with E-state index in [4.69, 9.17) is 0 Å². The molecule has 1 aromatic rings. The number of aryl methyl sites for hydroxylation is 1. The van der Waals surface area contributed by atoms with E-state index in [9.17, 15) is 9.90 Å². The molecule has 1 atom stereocenters. The van der Waals surface area contributed by atoms with Crippen molar-refractivity contribution in [1.82, 2.24) is 4.90 Å². The molecule has 1 aliphatic carbocycles. The van der Waals surface area contributed by atoms with Crippen LogP contribution in [-0.4, -0.2) is 47.7 Å². The van der Waals surface area contributed by atoms with Crippen molar-refractivity contribution in [1.29, 1.82) is 0 Å². The van der Waals surface area contributed by atoms with Gasteiger partial charge in [-0.3, -0.25) is 4.79 Å². The topological polar surface area (TPSA) is 43.8 Å². The lowest BCUT2D eigenvalue weighted by Gasteiger charge is -2.41. The summed E-state index contributed by atoms with van der Waals surface area (Å²) in [6, 6.07) is 9.63. The average molecular weight is 341 g/mol. The standard InChI is InChI=1S/C21H29N2O2/c1-16-5-2-3-6-19(16)22-13-4-11-21(15-22)12-14-23(20(21)25)17-7-9-18(24)10-8-17/h3,5-6,17-18,24H,4,7-15H2,1H3/t17?,18?,21-/m1/s1. The van der Waals surface area contributed by atoms with E-state index in [2.05, 4.69) is 28.9 Å². The minimum absolute atomic E-state index is 0.161. The van der Waals surface area contributed by atoms with Crippen molar-refractivity contribution in [2.75, 3.05) is 24.5 Å². The summed E-state index contributed by atoms with van der Waals surface area (Å²) < 4.78 is 0. The van der Waals surface area contributed by atoms with E-state index < -0.39 is 0 Å². The molecule has 135 valence electrons. The normalized spacial score (nSPS) is 33.3. The molecule has 1 amide bonds. The fourth-order valence-corrected chi connectivity index (χ4v) is 5.14. The van der Waals surface area contributed by atoms with Gasteiger partial charge in [0.1, 0.15) is 0 Å². The molecule has 2 aliphatic heterocycles. The molecule has 4 heteroatoms. The van der Waals surface area contributed by atoms with Gasteiger partial charge in [-0.1, -0.05) is 6.07 Å². The van der Waals surface area contributed by atoms with E-state index in [1.807, 2.05) is 12.1 Å². The summed E-state index contributed by atoms with van der Waals surface area (Å²) in [7, 11) is 0. The van der Waals surface area contributed by atoms with E-state index in [1.165, 1.54) is 11.3 Å². The second kappa shape index (κ2) is 6.64. The van der Waals surface area contributed by atoms with Crippen LogP contribution in [0.3, 0.4) is 0 Å². The van der Waals surface area contributed by atoms with E-state index >= 15 is 0 Å². The average Bonchev–Trinajstić information content (AvgIpc) is 2.92. The Labute approximate surface area is 150 Å². The second-order valence-corrected chi connectivity index (χ2v) is 8.23. The summed E-state index contributed by atoms with van der Waals surface area (Å²) in [4.78, 5) is 17.9.